The molecule has 5 N–H and O–H groups in total. The van der Waals surface area contributed by atoms with Crippen molar-refractivity contribution >= 4 is 52.1 Å². The number of halogens is 4. The molecule has 7 rings (SSSR count). The van der Waals surface area contributed by atoms with Gasteiger partial charge in [0, 0.05) is 61.7 Å². The first kappa shape index (κ1) is 42.9. The molecule has 2 fully saturated rings. The summed E-state index contributed by atoms with van der Waals surface area (Å²) in [6.07, 6.45) is 2.64. The SMILES string of the molecule is CN=C1OCCC[C@@H](C)Cn2c(nc3ccc(C(=O)N[C@@H]4CCN(CCc5cc(F)c([C@H]6CCC(=O)NC6=O)c(F)c5)CC4(F)F)cc32)NC(=O)c2cc(C)nc(c2)C1=CN. The van der Waals surface area contributed by atoms with Gasteiger partial charge in [0.25, 0.3) is 17.7 Å². The summed E-state index contributed by atoms with van der Waals surface area (Å²) in [6, 6.07) is 8.58. The fraction of sp³-hybridized carbons (Fsp3) is 0.419. The molecular formula is C43H47F4N9O5. The molecule has 61 heavy (non-hydrogen) atoms. The summed E-state index contributed by atoms with van der Waals surface area (Å²) < 4.78 is 69.2. The molecule has 5 heterocycles. The van der Waals surface area contributed by atoms with Crippen LogP contribution < -0.4 is 21.7 Å². The minimum Gasteiger partial charge on any atom is -0.477 e. The molecule has 18 heteroatoms. The van der Waals surface area contributed by atoms with Crippen LogP contribution in [-0.4, -0.2) is 94.2 Å². The normalized spacial score (nSPS) is 22.8. The van der Waals surface area contributed by atoms with Gasteiger partial charge in [0.1, 0.15) is 11.6 Å². The number of alkyl halides is 2. The van der Waals surface area contributed by atoms with Gasteiger partial charge in [-0.2, -0.15) is 0 Å². The Morgan fingerprint density at radius 1 is 1.07 bits per heavy atom. The number of aryl methyl sites for hydroxylation is 1. The minimum absolute atomic E-state index is 0.0195. The number of anilines is 1. The number of imidazole rings is 1. The van der Waals surface area contributed by atoms with Crippen molar-refractivity contribution in [3.8, 4) is 0 Å². The highest BCUT2D eigenvalue weighted by molar-refractivity contribution is 6.19. The number of rotatable bonds is 6. The van der Waals surface area contributed by atoms with Crippen molar-refractivity contribution in [2.24, 2.45) is 16.6 Å². The Balaban J connectivity index is 1.04. The number of carbonyl (C=O) groups excluding carboxylic acids is 4. The van der Waals surface area contributed by atoms with Crippen molar-refractivity contribution in [1.29, 1.82) is 0 Å². The van der Waals surface area contributed by atoms with Gasteiger partial charge in [-0.3, -0.25) is 44.7 Å². The number of aliphatic imine (C=N–C) groups is 1. The number of hydrogen-bond acceptors (Lipinski definition) is 10. The molecule has 2 aromatic carbocycles. The second kappa shape index (κ2) is 17.8. The quantitative estimate of drug-likeness (QED) is 0.149. The Bertz CT molecular complexity index is 2430. The number of aromatic nitrogens is 3. The average molecular weight is 846 g/mol. The zero-order valence-electron chi connectivity index (χ0n) is 34.0. The second-order valence-electron chi connectivity index (χ2n) is 15.9. The molecule has 4 aromatic rings. The van der Waals surface area contributed by atoms with E-state index in [9.17, 15) is 19.2 Å². The summed E-state index contributed by atoms with van der Waals surface area (Å²) in [5, 5.41) is 7.53. The third kappa shape index (κ3) is 9.43. The molecule has 4 amide bonds. The van der Waals surface area contributed by atoms with Gasteiger partial charge in [0.05, 0.1) is 47.4 Å². The highest BCUT2D eigenvalue weighted by atomic mass is 19.3. The van der Waals surface area contributed by atoms with Crippen LogP contribution in [-0.2, 0) is 27.3 Å². The maximum atomic E-state index is 15.6. The van der Waals surface area contributed by atoms with Crippen LogP contribution in [0.4, 0.5) is 23.5 Å². The number of piperidine rings is 2. The molecular weight excluding hydrogens is 799 g/mol. The smallest absolute Gasteiger partial charge is 0.280 e. The molecule has 3 aliphatic rings. The number of likely N-dealkylation sites (tertiary alicyclic amines) is 1. The Kier molecular flexibility index (Phi) is 12.5. The number of nitrogens with one attached hydrogen (secondary N) is 3. The number of nitrogens with two attached hydrogens (primary N) is 1. The Hall–Kier alpha value is -6.17. The third-order valence-electron chi connectivity index (χ3n) is 11.3. The molecule has 14 nitrogen and oxygen atoms in total. The van der Waals surface area contributed by atoms with Gasteiger partial charge in [-0.25, -0.2) is 22.5 Å². The molecule has 322 valence electrons. The zero-order chi connectivity index (χ0) is 43.6. The van der Waals surface area contributed by atoms with Crippen LogP contribution in [0.1, 0.15) is 88.2 Å². The van der Waals surface area contributed by atoms with E-state index < -0.39 is 65.3 Å². The van der Waals surface area contributed by atoms with E-state index in [1.54, 1.807) is 38.2 Å². The fourth-order valence-corrected chi connectivity index (χ4v) is 8.18. The predicted octanol–water partition coefficient (Wildman–Crippen LogP) is 5.25. The lowest BCUT2D eigenvalue weighted by atomic mass is 9.89. The van der Waals surface area contributed by atoms with E-state index in [4.69, 9.17) is 10.5 Å². The maximum Gasteiger partial charge on any atom is 0.280 e. The predicted molar refractivity (Wildman–Crippen MR) is 219 cm³/mol. The number of amides is 4. The molecule has 0 unspecified atom stereocenters. The third-order valence-corrected chi connectivity index (χ3v) is 11.3. The first-order chi connectivity index (χ1) is 29.1. The highest BCUT2D eigenvalue weighted by Crippen LogP contribution is 2.32. The summed E-state index contributed by atoms with van der Waals surface area (Å²) in [5.74, 6) is -8.20. The fourth-order valence-electron chi connectivity index (χ4n) is 8.18. The lowest BCUT2D eigenvalue weighted by molar-refractivity contribution is -0.134. The lowest BCUT2D eigenvalue weighted by Crippen LogP contribution is -2.58. The standard InChI is InChI=1S/C43H47F4N9O5/c1-23-5-4-14-61-41(49-3)29(20-48)33-18-27(15-24(2)50-33)39(59)54-42-51-32-8-6-26(19-34(32)56(42)21-23)38(58)52-35-11-13-55(22-43(35,46)47)12-10-25-16-30(44)37(31(45)17-25)28-7-9-36(57)53-40(28)60/h6,8,15-20,23,28,35H,4-5,7,9-14,21-22,48H2,1-3H3,(H,52,58)(H,51,54,59)(H,53,57,60)/t23-,28-,35-/m1/s1. The largest absolute Gasteiger partial charge is 0.477 e. The van der Waals surface area contributed by atoms with E-state index in [1.807, 2.05) is 11.5 Å². The van der Waals surface area contributed by atoms with Gasteiger partial charge in [0.2, 0.25) is 23.7 Å². The van der Waals surface area contributed by atoms with Crippen LogP contribution >= 0.6 is 0 Å². The van der Waals surface area contributed by atoms with Crippen LogP contribution in [0.2, 0.25) is 0 Å². The Morgan fingerprint density at radius 3 is 2.54 bits per heavy atom. The zero-order valence-corrected chi connectivity index (χ0v) is 34.0. The number of fused-ring (bicyclic) bond motifs is 5. The molecule has 2 bridgehead atoms. The Labute approximate surface area is 349 Å². The topological polar surface area (TPSA) is 186 Å². The lowest BCUT2D eigenvalue weighted by Gasteiger charge is -2.38. The molecule has 3 atom stereocenters. The van der Waals surface area contributed by atoms with Crippen molar-refractivity contribution in [3.05, 3.63) is 93.9 Å². The number of nitrogens with zero attached hydrogens (tertiary/aromatic N) is 5. The maximum absolute atomic E-state index is 15.6. The van der Waals surface area contributed by atoms with Crippen LogP contribution in [0.5, 0.6) is 0 Å². The number of imide groups is 1. The average Bonchev–Trinajstić information content (AvgIpc) is 3.54. The summed E-state index contributed by atoms with van der Waals surface area (Å²) >= 11 is 0. The van der Waals surface area contributed by atoms with Crippen molar-refractivity contribution in [2.75, 3.05) is 38.6 Å². The van der Waals surface area contributed by atoms with Crippen LogP contribution in [0, 0.1) is 24.5 Å². The summed E-state index contributed by atoms with van der Waals surface area (Å²) in [4.78, 5) is 66.0. The van der Waals surface area contributed by atoms with E-state index in [2.05, 4.69) is 30.9 Å². The molecule has 3 aliphatic heterocycles. The van der Waals surface area contributed by atoms with Crippen LogP contribution in [0.25, 0.3) is 16.6 Å². The second-order valence-corrected chi connectivity index (χ2v) is 15.9. The van der Waals surface area contributed by atoms with Crippen molar-refractivity contribution in [3.63, 3.8) is 0 Å². The van der Waals surface area contributed by atoms with Gasteiger partial charge >= 0.3 is 0 Å². The number of benzene rings is 2. The Morgan fingerprint density at radius 2 is 1.84 bits per heavy atom. The summed E-state index contributed by atoms with van der Waals surface area (Å²) in [7, 11) is 1.58. The first-order valence-electron chi connectivity index (χ1n) is 20.2. The minimum atomic E-state index is -3.33. The van der Waals surface area contributed by atoms with Gasteiger partial charge in [-0.1, -0.05) is 6.92 Å². The molecule has 0 radical (unpaired) electrons. The van der Waals surface area contributed by atoms with Crippen molar-refractivity contribution < 1.29 is 41.5 Å². The van der Waals surface area contributed by atoms with Gasteiger partial charge in [-0.05, 0) is 93.0 Å². The molecule has 0 aliphatic carbocycles. The van der Waals surface area contributed by atoms with Gasteiger partial charge < -0.3 is 20.4 Å². The van der Waals surface area contributed by atoms with Crippen molar-refractivity contribution in [2.45, 2.75) is 76.8 Å². The van der Waals surface area contributed by atoms with Gasteiger partial charge in [-0.15, -0.1) is 0 Å². The highest BCUT2D eigenvalue weighted by Gasteiger charge is 2.45. The summed E-state index contributed by atoms with van der Waals surface area (Å²) in [5.41, 5.74) is 8.60. The van der Waals surface area contributed by atoms with E-state index >= 15 is 17.6 Å². The van der Waals surface area contributed by atoms with Crippen LogP contribution in [0.3, 0.4) is 0 Å². The first-order valence-corrected chi connectivity index (χ1v) is 20.2. The number of pyridine rings is 1. The van der Waals surface area contributed by atoms with E-state index in [-0.39, 0.29) is 67.3 Å². The van der Waals surface area contributed by atoms with E-state index in [0.29, 0.717) is 53.5 Å². The summed E-state index contributed by atoms with van der Waals surface area (Å²) in [6.45, 7) is 4.10. The molecule has 2 aromatic heterocycles. The van der Waals surface area contributed by atoms with Gasteiger partial charge in [0.15, 0.2) is 0 Å². The monoisotopic (exact) mass is 845 g/mol. The number of carbonyl (C=O) groups is 4. The van der Waals surface area contributed by atoms with Crippen molar-refractivity contribution in [1.82, 2.24) is 30.1 Å². The molecule has 0 saturated carbocycles. The molecule has 2 saturated heterocycles. The van der Waals surface area contributed by atoms with E-state index in [0.717, 1.165) is 18.6 Å². The van der Waals surface area contributed by atoms with Crippen LogP contribution in [0.15, 0.2) is 53.7 Å². The number of hydrogen-bond donors (Lipinski definition) is 4. The van der Waals surface area contributed by atoms with E-state index in [1.165, 1.54) is 17.2 Å². The molecule has 0 spiro atoms. The number of ether oxygens (including phenoxy) is 1.